The number of primary amides is 1. The van der Waals surface area contributed by atoms with Gasteiger partial charge >= 0.3 is 19.5 Å². The topological polar surface area (TPSA) is 135 Å². The highest BCUT2D eigenvalue weighted by Gasteiger charge is 2.00. The highest BCUT2D eigenvalue weighted by molar-refractivity contribution is 7.79. The quantitative estimate of drug-likeness (QED) is 0.344. The molecule has 0 aromatic heterocycles. The van der Waals surface area contributed by atoms with Crippen LogP contribution in [0.5, 0.6) is 0 Å². The third-order valence-electron chi connectivity index (χ3n) is 0.246. The summed E-state index contributed by atoms with van der Waals surface area (Å²) in [6, 6.07) is -0.495. The Morgan fingerprint density at radius 1 is 1.45 bits per heavy atom. The molecule has 0 rings (SSSR count). The largest absolute Gasteiger partial charge is 2.00 e. The van der Waals surface area contributed by atoms with Crippen LogP contribution in [0.25, 0.3) is 0 Å². The maximum absolute atomic E-state index is 9.48. The lowest BCUT2D eigenvalue weighted by Crippen LogP contribution is -2.24. The molecule has 7 nitrogen and oxygen atoms in total. The van der Waals surface area contributed by atoms with Gasteiger partial charge < -0.3 is 20.2 Å². The van der Waals surface area contributed by atoms with Crippen LogP contribution in [0.4, 0.5) is 4.79 Å². The highest BCUT2D eigenvalue weighted by atomic mass is 32.3. The normalized spacial score (nSPS) is 8.27. The van der Waals surface area contributed by atoms with Crippen molar-refractivity contribution in [1.29, 1.82) is 0 Å². The van der Waals surface area contributed by atoms with E-state index in [1.807, 2.05) is 0 Å². The number of hydrogen-bond acceptors (Lipinski definition) is 5. The molecule has 0 aliphatic rings. The van der Waals surface area contributed by atoms with Crippen LogP contribution in [0.15, 0.2) is 0 Å². The van der Waals surface area contributed by atoms with E-state index in [9.17, 15) is 4.79 Å². The Morgan fingerprint density at radius 2 is 1.55 bits per heavy atom. The van der Waals surface area contributed by atoms with Crippen molar-refractivity contribution in [3.63, 3.8) is 0 Å². The van der Waals surface area contributed by atoms with Crippen LogP contribution in [-0.4, -0.2) is 30.6 Å². The van der Waals surface area contributed by atoms with Crippen LogP contribution in [0.2, 0.25) is 0 Å². The van der Waals surface area contributed by atoms with Crippen molar-refractivity contribution in [2.75, 3.05) is 7.05 Å². The summed E-state index contributed by atoms with van der Waals surface area (Å²) in [6.07, 6.45) is 0. The maximum Gasteiger partial charge on any atom is 2.00 e. The van der Waals surface area contributed by atoms with Gasteiger partial charge in [0.25, 0.3) is 0 Å². The molecule has 3 N–H and O–H groups in total. The lowest BCUT2D eigenvalue weighted by atomic mass is 11.1. The minimum absolute atomic E-state index is 0. The summed E-state index contributed by atoms with van der Waals surface area (Å²) in [5, 5.41) is 2.17. The molecule has 0 aromatic carbocycles. The van der Waals surface area contributed by atoms with E-state index in [4.69, 9.17) is 17.5 Å². The first-order valence-electron chi connectivity index (χ1n) is 1.91. The van der Waals surface area contributed by atoms with E-state index < -0.39 is 16.4 Å². The molecule has 9 heteroatoms. The molecule has 0 bridgehead atoms. The van der Waals surface area contributed by atoms with Gasteiger partial charge in [0, 0.05) is 17.4 Å². The molecule has 0 heterocycles. The Kier molecular flexibility index (Phi) is 11.6. The van der Waals surface area contributed by atoms with E-state index in [1.165, 1.54) is 7.05 Å². The molecule has 0 saturated heterocycles. The molecule has 0 fully saturated rings. The van der Waals surface area contributed by atoms with Crippen LogP contribution in [-0.2, 0) is 23.9 Å². The first-order valence-corrected chi connectivity index (χ1v) is 3.24. The SMILES string of the molecule is CNC(N)=O.O=S(=O)([O-])[O-].[S+2]. The Labute approximate surface area is 71.0 Å². The molecule has 0 aliphatic carbocycles. The van der Waals surface area contributed by atoms with Gasteiger partial charge in [0.2, 0.25) is 0 Å². The van der Waals surface area contributed by atoms with Crippen molar-refractivity contribution in [3.8, 4) is 0 Å². The van der Waals surface area contributed by atoms with Crippen molar-refractivity contribution in [1.82, 2.24) is 5.32 Å². The standard InChI is InChI=1S/C2H6N2O.H2O4S.S/c1-4-2(3)5;1-5(2,3)4;/h1H3,(H3,3,4,5);(H2,1,2,3,4);/q;;+2/p-2. The van der Waals surface area contributed by atoms with Gasteiger partial charge in [-0.1, -0.05) is 0 Å². The fraction of sp³-hybridized carbons (Fsp3) is 0.500. The number of nitrogens with one attached hydrogen (secondary N) is 1. The smallest absolute Gasteiger partial charge is 0.759 e. The van der Waals surface area contributed by atoms with Crippen LogP contribution < -0.4 is 11.1 Å². The molecule has 0 aromatic rings. The second-order valence-electron chi connectivity index (χ2n) is 1.02. The van der Waals surface area contributed by atoms with Gasteiger partial charge in [0.15, 0.2) is 0 Å². The van der Waals surface area contributed by atoms with Crippen molar-refractivity contribution < 1.29 is 22.3 Å². The van der Waals surface area contributed by atoms with E-state index >= 15 is 0 Å². The average Bonchev–Trinajstić information content (AvgIpc) is 1.61. The molecule has 2 amide bonds. The predicted molar refractivity (Wildman–Crippen MR) is 36.5 cm³/mol. The van der Waals surface area contributed by atoms with E-state index in [0.29, 0.717) is 0 Å². The molecular weight excluding hydrogens is 196 g/mol. The van der Waals surface area contributed by atoms with Gasteiger partial charge in [-0.25, -0.2) is 4.79 Å². The molecule has 0 atom stereocenters. The Balaban J connectivity index is -0.000000107. The second-order valence-corrected chi connectivity index (χ2v) is 1.84. The minimum Gasteiger partial charge on any atom is -0.759 e. The zero-order valence-corrected chi connectivity index (χ0v) is 7.07. The number of carbonyl (C=O) groups excluding carboxylic acids is 1. The molecule has 11 heavy (non-hydrogen) atoms. The van der Waals surface area contributed by atoms with E-state index in [0.717, 1.165) is 0 Å². The third kappa shape index (κ3) is 240. The predicted octanol–water partition coefficient (Wildman–Crippen LogP) is -2.06. The average molecular weight is 202 g/mol. The summed E-state index contributed by atoms with van der Waals surface area (Å²) in [7, 11) is -3.69. The minimum atomic E-state index is -5.17. The van der Waals surface area contributed by atoms with Gasteiger partial charge in [-0.05, 0) is 0 Å². The molecular formula is C2H6N2O5S2. The second kappa shape index (κ2) is 7.60. The van der Waals surface area contributed by atoms with Gasteiger partial charge in [0.05, 0.1) is 0 Å². The highest BCUT2D eigenvalue weighted by Crippen LogP contribution is 1.57. The Bertz CT molecular complexity index is 179. The van der Waals surface area contributed by atoms with E-state index in [2.05, 4.69) is 11.1 Å². The lowest BCUT2D eigenvalue weighted by molar-refractivity contribution is 0.251. The van der Waals surface area contributed by atoms with Crippen LogP contribution in [0, 0.1) is 0 Å². The molecule has 0 unspecified atom stereocenters. The molecule has 4 radical (unpaired) electrons. The summed E-state index contributed by atoms with van der Waals surface area (Å²) >= 11 is 0. The summed E-state index contributed by atoms with van der Waals surface area (Å²) in [5.74, 6) is 0. The van der Waals surface area contributed by atoms with Crippen molar-refractivity contribution in [2.45, 2.75) is 0 Å². The molecule has 0 spiro atoms. The number of carbonyl (C=O) groups is 1. The number of hydrogen-bond donors (Lipinski definition) is 2. The Hall–Kier alpha value is -0.510. The van der Waals surface area contributed by atoms with Crippen molar-refractivity contribution in [2.24, 2.45) is 5.73 Å². The summed E-state index contributed by atoms with van der Waals surface area (Å²) in [6.45, 7) is 0. The first-order chi connectivity index (χ1) is 4.27. The van der Waals surface area contributed by atoms with Gasteiger partial charge in [-0.15, -0.1) is 0 Å². The van der Waals surface area contributed by atoms with Gasteiger partial charge in [-0.2, -0.15) is 0 Å². The van der Waals surface area contributed by atoms with Crippen LogP contribution in [0.3, 0.4) is 0 Å². The van der Waals surface area contributed by atoms with Crippen molar-refractivity contribution >= 4 is 29.9 Å². The summed E-state index contributed by atoms with van der Waals surface area (Å²) in [4.78, 5) is 9.48. The monoisotopic (exact) mass is 202 g/mol. The fourth-order valence-electron chi connectivity index (χ4n) is 0. The number of rotatable bonds is 0. The summed E-state index contributed by atoms with van der Waals surface area (Å²) < 4.78 is 34.1. The zero-order valence-electron chi connectivity index (χ0n) is 5.44. The lowest BCUT2D eigenvalue weighted by Gasteiger charge is -2.06. The summed E-state index contributed by atoms with van der Waals surface area (Å²) in [5.41, 5.74) is 4.54. The zero-order chi connectivity index (χ0) is 8.78. The van der Waals surface area contributed by atoms with Crippen LogP contribution in [0.1, 0.15) is 0 Å². The van der Waals surface area contributed by atoms with E-state index in [1.54, 1.807) is 0 Å². The number of amides is 2. The maximum atomic E-state index is 9.48. The fourth-order valence-corrected chi connectivity index (χ4v) is 0. The van der Waals surface area contributed by atoms with Crippen LogP contribution >= 0.6 is 0 Å². The number of urea groups is 1. The number of nitrogens with two attached hydrogens (primary N) is 1. The van der Waals surface area contributed by atoms with Crippen molar-refractivity contribution in [3.05, 3.63) is 0 Å². The first kappa shape index (κ1) is 16.8. The molecule has 66 valence electrons. The Morgan fingerprint density at radius 3 is 1.55 bits per heavy atom. The van der Waals surface area contributed by atoms with Gasteiger partial charge in [0.1, 0.15) is 0 Å². The van der Waals surface area contributed by atoms with E-state index in [-0.39, 0.29) is 13.5 Å². The van der Waals surface area contributed by atoms with Gasteiger partial charge in [-0.3, -0.25) is 8.42 Å². The molecule has 0 aliphatic heterocycles. The molecule has 0 saturated carbocycles. The third-order valence-corrected chi connectivity index (χ3v) is 0.246.